The second kappa shape index (κ2) is 6.47. The fourth-order valence-electron chi connectivity index (χ4n) is 2.86. The van der Waals surface area contributed by atoms with Gasteiger partial charge in [0, 0.05) is 23.9 Å². The molecule has 2 aromatic rings. The molecule has 6 nitrogen and oxygen atoms in total. The van der Waals surface area contributed by atoms with Gasteiger partial charge in [0.1, 0.15) is 5.58 Å². The van der Waals surface area contributed by atoms with Crippen molar-refractivity contribution in [1.29, 1.82) is 0 Å². The van der Waals surface area contributed by atoms with E-state index in [0.29, 0.717) is 19.4 Å². The second-order valence-corrected chi connectivity index (χ2v) is 6.03. The highest BCUT2D eigenvalue weighted by Crippen LogP contribution is 2.26. The van der Waals surface area contributed by atoms with Crippen molar-refractivity contribution in [2.75, 3.05) is 13.2 Å². The Balaban J connectivity index is 1.62. The molecule has 0 spiro atoms. The first kappa shape index (κ1) is 16.2. The van der Waals surface area contributed by atoms with Gasteiger partial charge >= 0.3 is 5.97 Å². The summed E-state index contributed by atoms with van der Waals surface area (Å²) in [6, 6.07) is 3.89. The van der Waals surface area contributed by atoms with Gasteiger partial charge in [0.15, 0.2) is 6.61 Å². The van der Waals surface area contributed by atoms with Gasteiger partial charge in [-0.05, 0) is 31.4 Å². The van der Waals surface area contributed by atoms with Crippen LogP contribution < -0.4 is 0 Å². The lowest BCUT2D eigenvalue weighted by Crippen LogP contribution is -2.35. The van der Waals surface area contributed by atoms with E-state index >= 15 is 0 Å². The Morgan fingerprint density at radius 1 is 1.29 bits per heavy atom. The lowest BCUT2D eigenvalue weighted by molar-refractivity contribution is -0.154. The summed E-state index contributed by atoms with van der Waals surface area (Å²) in [6.45, 7) is 3.96. The summed E-state index contributed by atoms with van der Waals surface area (Å²) >= 11 is 0. The third-order valence-corrected chi connectivity index (χ3v) is 4.41. The van der Waals surface area contributed by atoms with Crippen LogP contribution in [0.15, 0.2) is 22.8 Å². The Kier molecular flexibility index (Phi) is 4.38. The Hall–Kier alpha value is -2.63. The van der Waals surface area contributed by atoms with Gasteiger partial charge in [0.05, 0.1) is 12.7 Å². The first-order valence-electron chi connectivity index (χ1n) is 7.92. The fourth-order valence-corrected chi connectivity index (χ4v) is 2.86. The zero-order valence-corrected chi connectivity index (χ0v) is 13.8. The van der Waals surface area contributed by atoms with Gasteiger partial charge in [-0.3, -0.25) is 19.3 Å². The Morgan fingerprint density at radius 3 is 2.79 bits per heavy atom. The minimum atomic E-state index is -0.518. The molecule has 0 aliphatic carbocycles. The predicted molar refractivity (Wildman–Crippen MR) is 86.3 cm³/mol. The third kappa shape index (κ3) is 3.04. The molecule has 1 aliphatic heterocycles. The number of imide groups is 1. The Labute approximate surface area is 139 Å². The molecule has 24 heavy (non-hydrogen) atoms. The summed E-state index contributed by atoms with van der Waals surface area (Å²) < 4.78 is 10.6. The summed E-state index contributed by atoms with van der Waals surface area (Å²) in [5.74, 6) is -1.19. The van der Waals surface area contributed by atoms with Crippen LogP contribution in [0.25, 0.3) is 11.0 Å². The van der Waals surface area contributed by atoms with Crippen LogP contribution in [0.4, 0.5) is 0 Å². The zero-order chi connectivity index (χ0) is 17.3. The molecule has 2 amide bonds. The highest BCUT2D eigenvalue weighted by molar-refractivity contribution is 5.98. The van der Waals surface area contributed by atoms with E-state index in [4.69, 9.17) is 9.15 Å². The molecule has 0 unspecified atom stereocenters. The molecule has 1 saturated heterocycles. The predicted octanol–water partition coefficient (Wildman–Crippen LogP) is 2.28. The van der Waals surface area contributed by atoms with Crippen LogP contribution in [-0.4, -0.2) is 35.8 Å². The molecule has 1 aliphatic rings. The van der Waals surface area contributed by atoms with Crippen LogP contribution >= 0.6 is 0 Å². The Bertz CT molecular complexity index is 820. The lowest BCUT2D eigenvalue weighted by atomic mass is 10.0. The molecule has 1 fully saturated rings. The monoisotopic (exact) mass is 329 g/mol. The highest BCUT2D eigenvalue weighted by Gasteiger charge is 2.27. The zero-order valence-electron chi connectivity index (χ0n) is 13.8. The molecule has 6 heteroatoms. The number of ether oxygens (including phenoxy) is 1. The molecule has 3 rings (SSSR count). The summed E-state index contributed by atoms with van der Waals surface area (Å²) in [5.41, 5.74) is 3.64. The van der Waals surface area contributed by atoms with Crippen molar-refractivity contribution in [1.82, 2.24) is 4.90 Å². The van der Waals surface area contributed by atoms with Gasteiger partial charge in [0.2, 0.25) is 5.91 Å². The molecule has 0 atom stereocenters. The molecule has 0 radical (unpaired) electrons. The number of amides is 2. The van der Waals surface area contributed by atoms with Gasteiger partial charge in [-0.2, -0.15) is 0 Å². The maximum Gasteiger partial charge on any atom is 0.310 e. The smallest absolute Gasteiger partial charge is 0.310 e. The molecule has 126 valence electrons. The van der Waals surface area contributed by atoms with E-state index in [1.807, 2.05) is 26.0 Å². The summed E-state index contributed by atoms with van der Waals surface area (Å²) in [6.07, 6.45) is 2.61. The standard InChI is InChI=1S/C18H19NO5/c1-11-5-6-14-13(9-24-18(14)12(11)2)8-17(22)23-10-16(21)19-7-3-4-15(19)20/h5-6,9H,3-4,7-8,10H2,1-2H3. The number of nitrogens with zero attached hydrogens (tertiary/aromatic N) is 1. The normalized spacial score (nSPS) is 14.4. The van der Waals surface area contributed by atoms with Gasteiger partial charge in [-0.25, -0.2) is 0 Å². The summed E-state index contributed by atoms with van der Waals surface area (Å²) in [4.78, 5) is 36.5. The van der Waals surface area contributed by atoms with E-state index in [-0.39, 0.29) is 12.3 Å². The maximum atomic E-state index is 12.0. The fraction of sp³-hybridized carbons (Fsp3) is 0.389. The van der Waals surface area contributed by atoms with Crippen LogP contribution in [-0.2, 0) is 25.5 Å². The minimum Gasteiger partial charge on any atom is -0.464 e. The van der Waals surface area contributed by atoms with Gasteiger partial charge in [0.25, 0.3) is 5.91 Å². The topological polar surface area (TPSA) is 76.8 Å². The van der Waals surface area contributed by atoms with Crippen molar-refractivity contribution < 1.29 is 23.5 Å². The molecular formula is C18H19NO5. The van der Waals surface area contributed by atoms with E-state index in [2.05, 4.69) is 0 Å². The van der Waals surface area contributed by atoms with E-state index in [1.165, 1.54) is 0 Å². The number of likely N-dealkylation sites (tertiary alicyclic amines) is 1. The number of hydrogen-bond donors (Lipinski definition) is 0. The van der Waals surface area contributed by atoms with Crippen molar-refractivity contribution in [2.24, 2.45) is 0 Å². The van der Waals surface area contributed by atoms with Crippen LogP contribution in [0.5, 0.6) is 0 Å². The van der Waals surface area contributed by atoms with Crippen LogP contribution in [0, 0.1) is 13.8 Å². The van der Waals surface area contributed by atoms with Crippen molar-refractivity contribution in [2.45, 2.75) is 33.1 Å². The largest absolute Gasteiger partial charge is 0.464 e. The number of benzene rings is 1. The third-order valence-electron chi connectivity index (χ3n) is 4.41. The Morgan fingerprint density at radius 2 is 2.08 bits per heavy atom. The van der Waals surface area contributed by atoms with Crippen LogP contribution in [0.1, 0.15) is 29.5 Å². The van der Waals surface area contributed by atoms with Gasteiger partial charge in [-0.15, -0.1) is 0 Å². The van der Waals surface area contributed by atoms with Gasteiger partial charge in [-0.1, -0.05) is 12.1 Å². The number of fused-ring (bicyclic) bond motifs is 1. The van der Waals surface area contributed by atoms with Crippen molar-refractivity contribution in [3.05, 3.63) is 35.1 Å². The molecular weight excluding hydrogens is 310 g/mol. The van der Waals surface area contributed by atoms with E-state index in [9.17, 15) is 14.4 Å². The van der Waals surface area contributed by atoms with E-state index in [1.54, 1.807) is 6.26 Å². The molecule has 0 N–H and O–H groups in total. The quantitative estimate of drug-likeness (QED) is 0.804. The molecule has 1 aromatic carbocycles. The van der Waals surface area contributed by atoms with Crippen LogP contribution in [0.3, 0.4) is 0 Å². The number of esters is 1. The minimum absolute atomic E-state index is 0.0245. The maximum absolute atomic E-state index is 12.0. The average molecular weight is 329 g/mol. The number of carbonyl (C=O) groups is 3. The second-order valence-electron chi connectivity index (χ2n) is 6.03. The van der Waals surface area contributed by atoms with E-state index < -0.39 is 18.5 Å². The summed E-state index contributed by atoms with van der Waals surface area (Å²) in [5, 5.41) is 0.871. The molecule has 0 bridgehead atoms. The highest BCUT2D eigenvalue weighted by atomic mass is 16.5. The first-order valence-corrected chi connectivity index (χ1v) is 7.92. The van der Waals surface area contributed by atoms with E-state index in [0.717, 1.165) is 32.6 Å². The van der Waals surface area contributed by atoms with Crippen LogP contribution in [0.2, 0.25) is 0 Å². The molecule has 1 aromatic heterocycles. The average Bonchev–Trinajstić information content (AvgIpc) is 3.15. The van der Waals surface area contributed by atoms with Gasteiger partial charge < -0.3 is 9.15 Å². The summed E-state index contributed by atoms with van der Waals surface area (Å²) in [7, 11) is 0. The number of aryl methyl sites for hydroxylation is 2. The number of hydrogen-bond acceptors (Lipinski definition) is 5. The number of rotatable bonds is 4. The lowest BCUT2D eigenvalue weighted by Gasteiger charge is -2.13. The van der Waals surface area contributed by atoms with Crippen molar-refractivity contribution in [3.63, 3.8) is 0 Å². The SMILES string of the molecule is Cc1ccc2c(CC(=O)OCC(=O)N3CCCC3=O)coc2c1C. The molecule has 0 saturated carbocycles. The van der Waals surface area contributed by atoms with Crippen molar-refractivity contribution >= 4 is 28.8 Å². The molecule has 2 heterocycles. The van der Waals surface area contributed by atoms with Crippen molar-refractivity contribution in [3.8, 4) is 0 Å². The first-order chi connectivity index (χ1) is 11.5. The number of carbonyl (C=O) groups excluding carboxylic acids is 3. The number of furan rings is 1.